The largest absolute Gasteiger partial charge is 0.393 e. The summed E-state index contributed by atoms with van der Waals surface area (Å²) in [6.07, 6.45) is 14.1. The van der Waals surface area contributed by atoms with E-state index in [2.05, 4.69) is 27.7 Å². The minimum Gasteiger partial charge on any atom is -0.393 e. The Kier molecular flexibility index (Phi) is 10.9. The Morgan fingerprint density at radius 2 is 1.42 bits per heavy atom. The first-order valence-electron chi connectivity index (χ1n) is 10.6. The molecule has 0 aromatic heterocycles. The lowest BCUT2D eigenvalue weighted by molar-refractivity contribution is -0.121. The number of carbonyl (C=O) groups is 1. The summed E-state index contributed by atoms with van der Waals surface area (Å²) in [5.74, 6) is 3.76. The first-order chi connectivity index (χ1) is 11.4. The van der Waals surface area contributed by atoms with E-state index >= 15 is 0 Å². The highest BCUT2D eigenvalue weighted by Crippen LogP contribution is 2.29. The fourth-order valence-corrected chi connectivity index (χ4v) is 3.93. The van der Waals surface area contributed by atoms with Gasteiger partial charge in [-0.25, -0.2) is 0 Å². The van der Waals surface area contributed by atoms with E-state index in [0.717, 1.165) is 49.9 Å². The van der Waals surface area contributed by atoms with Crippen LogP contribution in [0.5, 0.6) is 0 Å². The van der Waals surface area contributed by atoms with E-state index in [1.165, 1.54) is 44.9 Å². The van der Waals surface area contributed by atoms with E-state index in [1.807, 2.05) is 0 Å². The maximum Gasteiger partial charge on any atom is 0.133 e. The number of Topliss-reactive ketones (excluding diaryl/α,β-unsaturated/α-hetero) is 1. The summed E-state index contributed by atoms with van der Waals surface area (Å²) < 4.78 is 0. The van der Waals surface area contributed by atoms with Crippen LogP contribution in [0.2, 0.25) is 0 Å². The Hall–Kier alpha value is -0.370. The molecule has 2 nitrogen and oxygen atoms in total. The van der Waals surface area contributed by atoms with Crippen molar-refractivity contribution in [3.05, 3.63) is 0 Å². The van der Waals surface area contributed by atoms with Gasteiger partial charge in [0, 0.05) is 12.8 Å². The van der Waals surface area contributed by atoms with E-state index in [0.29, 0.717) is 11.7 Å². The molecule has 0 aromatic rings. The van der Waals surface area contributed by atoms with E-state index in [-0.39, 0.29) is 6.10 Å². The van der Waals surface area contributed by atoms with E-state index in [9.17, 15) is 9.90 Å². The molecule has 2 rings (SSSR count). The summed E-state index contributed by atoms with van der Waals surface area (Å²) in [6.45, 7) is 9.09. The predicted octanol–water partition coefficient (Wildman–Crippen LogP) is 6.16. The van der Waals surface area contributed by atoms with Crippen LogP contribution < -0.4 is 0 Å². The molecular weight excluding hydrogens is 296 g/mol. The quantitative estimate of drug-likeness (QED) is 0.630. The SMILES string of the molecule is CC(C)CCC1CCC(O)CC1.CC(C)CCC1CCCC(=O)C1. The first kappa shape index (κ1) is 21.7. The van der Waals surface area contributed by atoms with Crippen LogP contribution in [0.4, 0.5) is 0 Å². The fraction of sp³-hybridized carbons (Fsp3) is 0.955. The second-order valence-corrected chi connectivity index (χ2v) is 9.12. The van der Waals surface area contributed by atoms with Crippen LogP contribution >= 0.6 is 0 Å². The Morgan fingerprint density at radius 3 is 1.92 bits per heavy atom. The molecule has 2 fully saturated rings. The highest BCUT2D eigenvalue weighted by atomic mass is 16.3. The molecule has 2 aliphatic rings. The van der Waals surface area contributed by atoms with Crippen molar-refractivity contribution in [2.75, 3.05) is 0 Å². The molecule has 0 amide bonds. The third-order valence-electron chi connectivity index (χ3n) is 5.71. The van der Waals surface area contributed by atoms with Crippen molar-refractivity contribution < 1.29 is 9.90 Å². The van der Waals surface area contributed by atoms with Crippen molar-refractivity contribution in [3.8, 4) is 0 Å². The van der Waals surface area contributed by atoms with Crippen molar-refractivity contribution in [1.82, 2.24) is 0 Å². The van der Waals surface area contributed by atoms with Gasteiger partial charge in [0.15, 0.2) is 0 Å². The summed E-state index contributed by atoms with van der Waals surface area (Å²) in [4.78, 5) is 11.1. The standard InChI is InChI=1S/C11H22O.C11H20O/c1-9(2)3-4-10-5-7-11(12)8-6-10;1-9(2)6-7-10-4-3-5-11(12)8-10/h9-12H,3-8H2,1-2H3;9-10H,3-8H2,1-2H3. The molecule has 0 spiro atoms. The monoisotopic (exact) mass is 338 g/mol. The number of carbonyl (C=O) groups excluding carboxylic acids is 1. The normalized spacial score (nSPS) is 28.0. The molecule has 0 aliphatic heterocycles. The number of ketones is 1. The zero-order valence-electron chi connectivity index (χ0n) is 16.7. The van der Waals surface area contributed by atoms with Crippen LogP contribution in [-0.2, 0) is 4.79 Å². The van der Waals surface area contributed by atoms with E-state index in [4.69, 9.17) is 0 Å². The first-order valence-corrected chi connectivity index (χ1v) is 10.6. The topological polar surface area (TPSA) is 37.3 Å². The smallest absolute Gasteiger partial charge is 0.133 e. The molecule has 0 aromatic carbocycles. The minimum atomic E-state index is 0.0142. The summed E-state index contributed by atoms with van der Waals surface area (Å²) >= 11 is 0. The third-order valence-corrected chi connectivity index (χ3v) is 5.71. The molecule has 1 atom stereocenters. The Bertz CT molecular complexity index is 327. The number of hydrogen-bond acceptors (Lipinski definition) is 2. The molecule has 1 unspecified atom stereocenters. The zero-order chi connectivity index (χ0) is 17.9. The van der Waals surface area contributed by atoms with Crippen LogP contribution in [0.15, 0.2) is 0 Å². The average molecular weight is 339 g/mol. The van der Waals surface area contributed by atoms with Crippen molar-refractivity contribution in [2.45, 2.75) is 111 Å². The maximum absolute atomic E-state index is 11.1. The van der Waals surface area contributed by atoms with Gasteiger partial charge in [0.05, 0.1) is 6.10 Å². The van der Waals surface area contributed by atoms with Crippen molar-refractivity contribution >= 4 is 5.78 Å². The summed E-state index contributed by atoms with van der Waals surface area (Å²) in [6, 6.07) is 0. The van der Waals surface area contributed by atoms with Gasteiger partial charge in [-0.15, -0.1) is 0 Å². The number of hydrogen-bond donors (Lipinski definition) is 1. The van der Waals surface area contributed by atoms with Gasteiger partial charge in [-0.05, 0) is 68.6 Å². The molecule has 0 saturated heterocycles. The lowest BCUT2D eigenvalue weighted by atomic mass is 9.83. The molecule has 0 heterocycles. The van der Waals surface area contributed by atoms with Gasteiger partial charge in [-0.1, -0.05) is 47.0 Å². The molecule has 1 N–H and O–H groups in total. The van der Waals surface area contributed by atoms with Gasteiger partial charge >= 0.3 is 0 Å². The van der Waals surface area contributed by atoms with Gasteiger partial charge in [-0.2, -0.15) is 0 Å². The minimum absolute atomic E-state index is 0.0142. The highest BCUT2D eigenvalue weighted by Gasteiger charge is 2.19. The molecule has 2 aliphatic carbocycles. The van der Waals surface area contributed by atoms with E-state index in [1.54, 1.807) is 0 Å². The van der Waals surface area contributed by atoms with Crippen molar-refractivity contribution in [2.24, 2.45) is 23.7 Å². The second kappa shape index (κ2) is 12.1. The molecular formula is C22H42O2. The number of rotatable bonds is 6. The third kappa shape index (κ3) is 10.5. The van der Waals surface area contributed by atoms with Gasteiger partial charge in [0.1, 0.15) is 5.78 Å². The van der Waals surface area contributed by atoms with Crippen LogP contribution in [0, 0.1) is 23.7 Å². The van der Waals surface area contributed by atoms with Gasteiger partial charge in [0.2, 0.25) is 0 Å². The lowest BCUT2D eigenvalue weighted by Gasteiger charge is -2.25. The Morgan fingerprint density at radius 1 is 0.875 bits per heavy atom. The maximum atomic E-state index is 11.1. The van der Waals surface area contributed by atoms with Crippen molar-refractivity contribution in [3.63, 3.8) is 0 Å². The van der Waals surface area contributed by atoms with Crippen molar-refractivity contribution in [1.29, 1.82) is 0 Å². The molecule has 2 heteroatoms. The summed E-state index contributed by atoms with van der Waals surface area (Å²) in [5, 5.41) is 9.30. The van der Waals surface area contributed by atoms with Gasteiger partial charge < -0.3 is 5.11 Å². The highest BCUT2D eigenvalue weighted by molar-refractivity contribution is 5.79. The van der Waals surface area contributed by atoms with Crippen LogP contribution in [-0.4, -0.2) is 17.0 Å². The number of aliphatic hydroxyl groups is 1. The zero-order valence-corrected chi connectivity index (χ0v) is 16.7. The molecule has 2 saturated carbocycles. The molecule has 24 heavy (non-hydrogen) atoms. The predicted molar refractivity (Wildman–Crippen MR) is 103 cm³/mol. The van der Waals surface area contributed by atoms with Gasteiger partial charge in [0.25, 0.3) is 0 Å². The second-order valence-electron chi connectivity index (χ2n) is 9.12. The van der Waals surface area contributed by atoms with Gasteiger partial charge in [-0.3, -0.25) is 4.79 Å². The average Bonchev–Trinajstić information content (AvgIpc) is 2.53. The molecule has 0 bridgehead atoms. The Labute approximate surface area is 150 Å². The number of aliphatic hydroxyl groups excluding tert-OH is 1. The van der Waals surface area contributed by atoms with Crippen LogP contribution in [0.3, 0.4) is 0 Å². The lowest BCUT2D eigenvalue weighted by Crippen LogP contribution is -2.18. The summed E-state index contributed by atoms with van der Waals surface area (Å²) in [5.41, 5.74) is 0. The Balaban J connectivity index is 0.000000240. The molecule has 142 valence electrons. The van der Waals surface area contributed by atoms with Crippen LogP contribution in [0.1, 0.15) is 105 Å². The summed E-state index contributed by atoms with van der Waals surface area (Å²) in [7, 11) is 0. The molecule has 0 radical (unpaired) electrons. The van der Waals surface area contributed by atoms with E-state index < -0.39 is 0 Å². The fourth-order valence-electron chi connectivity index (χ4n) is 3.93. The van der Waals surface area contributed by atoms with Crippen LogP contribution in [0.25, 0.3) is 0 Å².